The first-order valence-corrected chi connectivity index (χ1v) is 6.49. The summed E-state index contributed by atoms with van der Waals surface area (Å²) >= 11 is 0. The van der Waals surface area contributed by atoms with E-state index < -0.39 is 11.5 Å². The maximum atomic E-state index is 13.0. The molecule has 4 nitrogen and oxygen atoms in total. The molecule has 0 bridgehead atoms. The van der Waals surface area contributed by atoms with Crippen molar-refractivity contribution in [1.82, 2.24) is 5.32 Å². The zero-order chi connectivity index (χ0) is 15.3. The zero-order valence-electron chi connectivity index (χ0n) is 11.9. The smallest absolute Gasteiger partial charge is 0.328 e. The van der Waals surface area contributed by atoms with Crippen LogP contribution in [0.3, 0.4) is 0 Å². The first kappa shape index (κ1) is 16.1. The van der Waals surface area contributed by atoms with Crippen molar-refractivity contribution < 1.29 is 19.1 Å². The molecule has 0 saturated heterocycles. The summed E-state index contributed by atoms with van der Waals surface area (Å²) in [6, 6.07) is 6.25. The Morgan fingerprint density at radius 3 is 2.60 bits per heavy atom. The molecular weight excluding hydrogens is 261 g/mol. The molecule has 5 heteroatoms. The molecule has 1 rings (SSSR count). The van der Waals surface area contributed by atoms with Gasteiger partial charge in [-0.2, -0.15) is 0 Å². The number of carboxylic acid groups (broad SMARTS) is 1. The topological polar surface area (TPSA) is 66.4 Å². The molecule has 0 heterocycles. The number of hydrogen-bond acceptors (Lipinski definition) is 2. The van der Waals surface area contributed by atoms with Gasteiger partial charge in [0.15, 0.2) is 0 Å². The van der Waals surface area contributed by atoms with Crippen LogP contribution >= 0.6 is 0 Å². The van der Waals surface area contributed by atoms with Crippen LogP contribution in [0.15, 0.2) is 24.3 Å². The normalized spacial score (nSPS) is 12.8. The van der Waals surface area contributed by atoms with Crippen molar-refractivity contribution >= 4 is 11.9 Å². The highest BCUT2D eigenvalue weighted by Crippen LogP contribution is 2.14. The lowest BCUT2D eigenvalue weighted by Crippen LogP contribution is -2.50. The molecule has 0 spiro atoms. The van der Waals surface area contributed by atoms with E-state index in [2.05, 4.69) is 5.32 Å². The standard InChI is InChI=1S/C15H20FNO3/c1-10(7-11-5-4-6-12(16)9-11)8-13(18)17-15(2,3)14(19)20/h4-6,9-10H,7-8H2,1-3H3,(H,17,18)(H,19,20). The fraction of sp³-hybridized carbons (Fsp3) is 0.467. The average molecular weight is 281 g/mol. The molecule has 1 aromatic carbocycles. The van der Waals surface area contributed by atoms with Gasteiger partial charge in [0.05, 0.1) is 0 Å². The lowest BCUT2D eigenvalue weighted by molar-refractivity contribution is -0.146. The summed E-state index contributed by atoms with van der Waals surface area (Å²) in [5, 5.41) is 11.4. The van der Waals surface area contributed by atoms with Gasteiger partial charge in [-0.15, -0.1) is 0 Å². The predicted octanol–water partition coefficient (Wildman–Crippen LogP) is 2.37. The Hall–Kier alpha value is -1.91. The van der Waals surface area contributed by atoms with Crippen molar-refractivity contribution in [3.8, 4) is 0 Å². The third kappa shape index (κ3) is 4.99. The molecule has 110 valence electrons. The Bertz CT molecular complexity index is 500. The summed E-state index contributed by atoms with van der Waals surface area (Å²) in [6.07, 6.45) is 0.770. The van der Waals surface area contributed by atoms with E-state index in [9.17, 15) is 14.0 Å². The minimum absolute atomic E-state index is 0.00129. The Kier molecular flexibility index (Phi) is 5.25. The van der Waals surface area contributed by atoms with Crippen molar-refractivity contribution in [2.24, 2.45) is 5.92 Å². The maximum Gasteiger partial charge on any atom is 0.328 e. The summed E-state index contributed by atoms with van der Waals surface area (Å²) in [7, 11) is 0. The second kappa shape index (κ2) is 6.50. The number of aliphatic carboxylic acids is 1. The number of benzene rings is 1. The van der Waals surface area contributed by atoms with E-state index in [0.29, 0.717) is 6.42 Å². The molecule has 0 radical (unpaired) electrons. The van der Waals surface area contributed by atoms with Crippen LogP contribution in [0.1, 0.15) is 32.8 Å². The van der Waals surface area contributed by atoms with Gasteiger partial charge in [0.1, 0.15) is 11.4 Å². The largest absolute Gasteiger partial charge is 0.480 e. The Morgan fingerprint density at radius 2 is 2.05 bits per heavy atom. The number of hydrogen-bond donors (Lipinski definition) is 2. The number of carbonyl (C=O) groups excluding carboxylic acids is 1. The monoisotopic (exact) mass is 281 g/mol. The zero-order valence-corrected chi connectivity index (χ0v) is 11.9. The van der Waals surface area contributed by atoms with Crippen LogP contribution in [0, 0.1) is 11.7 Å². The molecule has 0 saturated carbocycles. The van der Waals surface area contributed by atoms with Crippen LogP contribution in [-0.4, -0.2) is 22.5 Å². The molecule has 0 aliphatic heterocycles. The van der Waals surface area contributed by atoms with Gasteiger partial charge >= 0.3 is 5.97 Å². The van der Waals surface area contributed by atoms with Gasteiger partial charge in [0.25, 0.3) is 0 Å². The Balaban J connectivity index is 2.52. The quantitative estimate of drug-likeness (QED) is 0.841. The van der Waals surface area contributed by atoms with Crippen molar-refractivity contribution in [3.05, 3.63) is 35.6 Å². The van der Waals surface area contributed by atoms with Crippen molar-refractivity contribution in [2.75, 3.05) is 0 Å². The van der Waals surface area contributed by atoms with Gasteiger partial charge < -0.3 is 10.4 Å². The SMILES string of the molecule is CC(CC(=O)NC(C)(C)C(=O)O)Cc1cccc(F)c1. The lowest BCUT2D eigenvalue weighted by atomic mass is 9.97. The number of carbonyl (C=O) groups is 2. The molecule has 2 N–H and O–H groups in total. The molecule has 20 heavy (non-hydrogen) atoms. The molecule has 1 aromatic rings. The maximum absolute atomic E-state index is 13.0. The Labute approximate surface area is 118 Å². The van der Waals surface area contributed by atoms with Crippen LogP contribution < -0.4 is 5.32 Å². The molecular formula is C15H20FNO3. The fourth-order valence-electron chi connectivity index (χ4n) is 1.91. The van der Waals surface area contributed by atoms with Crippen molar-refractivity contribution in [2.45, 2.75) is 39.2 Å². The molecule has 0 aliphatic rings. The van der Waals surface area contributed by atoms with Gasteiger partial charge in [-0.05, 0) is 43.9 Å². The summed E-state index contributed by atoms with van der Waals surface area (Å²) in [4.78, 5) is 22.7. The van der Waals surface area contributed by atoms with Crippen LogP contribution in [0.4, 0.5) is 4.39 Å². The van der Waals surface area contributed by atoms with Crippen molar-refractivity contribution in [3.63, 3.8) is 0 Å². The van der Waals surface area contributed by atoms with Crippen molar-refractivity contribution in [1.29, 1.82) is 0 Å². The van der Waals surface area contributed by atoms with Gasteiger partial charge in [-0.1, -0.05) is 19.1 Å². The van der Waals surface area contributed by atoms with Gasteiger partial charge in [0, 0.05) is 6.42 Å². The molecule has 1 atom stereocenters. The van der Waals surface area contributed by atoms with Gasteiger partial charge in [-0.25, -0.2) is 9.18 Å². The van der Waals surface area contributed by atoms with Crippen LogP contribution in [0.25, 0.3) is 0 Å². The van der Waals surface area contributed by atoms with E-state index in [-0.39, 0.29) is 24.1 Å². The second-order valence-corrected chi connectivity index (χ2v) is 5.62. The van der Waals surface area contributed by atoms with E-state index in [1.807, 2.05) is 6.92 Å². The van der Waals surface area contributed by atoms with E-state index in [1.165, 1.54) is 26.0 Å². The average Bonchev–Trinajstić information content (AvgIpc) is 2.26. The number of nitrogens with one attached hydrogen (secondary N) is 1. The Morgan fingerprint density at radius 1 is 1.40 bits per heavy atom. The molecule has 0 aromatic heterocycles. The van der Waals surface area contributed by atoms with E-state index in [1.54, 1.807) is 12.1 Å². The summed E-state index contributed by atoms with van der Waals surface area (Å²) in [5.41, 5.74) is -0.460. The molecule has 1 unspecified atom stereocenters. The minimum Gasteiger partial charge on any atom is -0.480 e. The molecule has 0 aliphatic carbocycles. The van der Waals surface area contributed by atoms with E-state index in [0.717, 1.165) is 5.56 Å². The highest BCUT2D eigenvalue weighted by atomic mass is 19.1. The number of rotatable bonds is 6. The van der Waals surface area contributed by atoms with Crippen LogP contribution in [-0.2, 0) is 16.0 Å². The lowest BCUT2D eigenvalue weighted by Gasteiger charge is -2.22. The second-order valence-electron chi connectivity index (χ2n) is 5.62. The molecule has 1 amide bonds. The highest BCUT2D eigenvalue weighted by molar-refractivity contribution is 5.86. The van der Waals surface area contributed by atoms with Gasteiger partial charge in [0.2, 0.25) is 5.91 Å². The van der Waals surface area contributed by atoms with E-state index in [4.69, 9.17) is 5.11 Å². The predicted molar refractivity (Wildman–Crippen MR) is 73.7 cm³/mol. The third-order valence-electron chi connectivity index (χ3n) is 2.99. The third-order valence-corrected chi connectivity index (χ3v) is 2.99. The number of amides is 1. The first-order chi connectivity index (χ1) is 9.20. The molecule has 0 fully saturated rings. The minimum atomic E-state index is -1.28. The first-order valence-electron chi connectivity index (χ1n) is 6.49. The number of carboxylic acids is 1. The fourth-order valence-corrected chi connectivity index (χ4v) is 1.91. The highest BCUT2D eigenvalue weighted by Gasteiger charge is 2.29. The summed E-state index contributed by atoms with van der Waals surface area (Å²) in [5.74, 6) is -1.70. The summed E-state index contributed by atoms with van der Waals surface area (Å²) < 4.78 is 13.0. The van der Waals surface area contributed by atoms with E-state index >= 15 is 0 Å². The number of halogens is 1. The summed E-state index contributed by atoms with van der Waals surface area (Å²) in [6.45, 7) is 4.74. The van der Waals surface area contributed by atoms with Crippen LogP contribution in [0.2, 0.25) is 0 Å². The van der Waals surface area contributed by atoms with Crippen LogP contribution in [0.5, 0.6) is 0 Å². The van der Waals surface area contributed by atoms with Gasteiger partial charge in [-0.3, -0.25) is 4.79 Å².